The SMILES string of the molecule is CCN1c2c(ccc3ccccc23)-c2cc3ccccc3cc2-n2c1cc1c3ccccc3ccc12. The van der Waals surface area contributed by atoms with Crippen molar-refractivity contribution in [3.05, 3.63) is 115 Å². The number of hydrogen-bond acceptors (Lipinski definition) is 1. The van der Waals surface area contributed by atoms with E-state index in [4.69, 9.17) is 0 Å². The van der Waals surface area contributed by atoms with Crippen LogP contribution in [-0.2, 0) is 0 Å². The number of aromatic nitrogens is 1. The summed E-state index contributed by atoms with van der Waals surface area (Å²) in [5.74, 6) is 1.22. The van der Waals surface area contributed by atoms with Crippen LogP contribution in [0.25, 0.3) is 60.0 Å². The van der Waals surface area contributed by atoms with Crippen LogP contribution in [0.4, 0.5) is 11.5 Å². The summed E-state index contributed by atoms with van der Waals surface area (Å²) in [6.07, 6.45) is 0. The average Bonchev–Trinajstić information content (AvgIpc) is 3.27. The summed E-state index contributed by atoms with van der Waals surface area (Å²) in [5, 5.41) is 8.96. The Balaban J connectivity index is 1.61. The number of anilines is 2. The van der Waals surface area contributed by atoms with Crippen LogP contribution in [0.15, 0.2) is 115 Å². The van der Waals surface area contributed by atoms with Crippen molar-refractivity contribution in [1.82, 2.24) is 4.57 Å². The topological polar surface area (TPSA) is 8.17 Å². The molecule has 0 amide bonds. The molecule has 0 saturated carbocycles. The molecule has 6 aromatic carbocycles. The monoisotopic (exact) mass is 460 g/mol. The van der Waals surface area contributed by atoms with Crippen molar-refractivity contribution < 1.29 is 0 Å². The highest BCUT2D eigenvalue weighted by Crippen LogP contribution is 2.49. The van der Waals surface area contributed by atoms with Crippen molar-refractivity contribution in [3.8, 4) is 16.8 Å². The lowest BCUT2D eigenvalue weighted by Crippen LogP contribution is -2.18. The summed E-state index contributed by atoms with van der Waals surface area (Å²) in [7, 11) is 0. The third kappa shape index (κ3) is 2.56. The molecule has 0 atom stereocenters. The maximum Gasteiger partial charge on any atom is 0.118 e. The number of fused-ring (bicyclic) bond motifs is 12. The van der Waals surface area contributed by atoms with Gasteiger partial charge in [-0.05, 0) is 58.1 Å². The molecule has 36 heavy (non-hydrogen) atoms. The van der Waals surface area contributed by atoms with Gasteiger partial charge in [0.15, 0.2) is 0 Å². The number of hydrogen-bond donors (Lipinski definition) is 0. The molecular weight excluding hydrogens is 436 g/mol. The summed E-state index contributed by atoms with van der Waals surface area (Å²) in [6, 6.07) is 42.5. The third-order valence-electron chi connectivity index (χ3n) is 7.85. The van der Waals surface area contributed by atoms with Crippen molar-refractivity contribution in [3.63, 3.8) is 0 Å². The van der Waals surface area contributed by atoms with Crippen molar-refractivity contribution in [2.24, 2.45) is 0 Å². The fraction of sp³-hybridized carbons (Fsp3) is 0.0588. The van der Waals surface area contributed by atoms with E-state index in [0.717, 1.165) is 6.54 Å². The van der Waals surface area contributed by atoms with Crippen LogP contribution in [0.3, 0.4) is 0 Å². The van der Waals surface area contributed by atoms with Crippen LogP contribution in [0, 0.1) is 0 Å². The minimum atomic E-state index is 0.878. The molecule has 0 N–H and O–H groups in total. The third-order valence-corrected chi connectivity index (χ3v) is 7.85. The highest BCUT2D eigenvalue weighted by molar-refractivity contribution is 6.13. The van der Waals surface area contributed by atoms with Crippen LogP contribution >= 0.6 is 0 Å². The van der Waals surface area contributed by atoms with Gasteiger partial charge in [-0.3, -0.25) is 4.57 Å². The van der Waals surface area contributed by atoms with E-state index in [2.05, 4.69) is 132 Å². The fourth-order valence-corrected chi connectivity index (χ4v) is 6.23. The van der Waals surface area contributed by atoms with Gasteiger partial charge in [0.2, 0.25) is 0 Å². The largest absolute Gasteiger partial charge is 0.327 e. The first-order valence-corrected chi connectivity index (χ1v) is 12.7. The maximum atomic E-state index is 2.51. The molecule has 0 bridgehead atoms. The van der Waals surface area contributed by atoms with E-state index in [1.807, 2.05) is 0 Å². The molecule has 7 aromatic rings. The molecule has 0 unspecified atom stereocenters. The molecule has 0 aliphatic carbocycles. The second-order valence-corrected chi connectivity index (χ2v) is 9.70. The maximum absolute atomic E-state index is 2.51. The van der Waals surface area contributed by atoms with Crippen LogP contribution in [0.5, 0.6) is 0 Å². The summed E-state index contributed by atoms with van der Waals surface area (Å²) in [6.45, 7) is 3.14. The standard InChI is InChI=1S/C34H24N2/c1-2-35-33-21-30-26-13-7-5-9-22(26)16-18-31(30)36(33)32-20-25-12-4-3-11-24(25)19-29(32)28-17-15-23-10-6-8-14-27(23)34(28)35/h3-21H,2H2,1H3. The van der Waals surface area contributed by atoms with Crippen molar-refractivity contribution in [1.29, 1.82) is 0 Å². The van der Waals surface area contributed by atoms with Crippen LogP contribution in [0.1, 0.15) is 6.92 Å². The van der Waals surface area contributed by atoms with Gasteiger partial charge in [0, 0.05) is 28.4 Å². The van der Waals surface area contributed by atoms with Gasteiger partial charge in [-0.25, -0.2) is 0 Å². The smallest absolute Gasteiger partial charge is 0.118 e. The fourth-order valence-electron chi connectivity index (χ4n) is 6.23. The molecule has 0 spiro atoms. The molecule has 0 radical (unpaired) electrons. The summed E-state index contributed by atoms with van der Waals surface area (Å²) < 4.78 is 2.49. The first-order valence-electron chi connectivity index (χ1n) is 12.7. The quantitative estimate of drug-likeness (QED) is 0.237. The van der Waals surface area contributed by atoms with Gasteiger partial charge in [0.1, 0.15) is 5.82 Å². The van der Waals surface area contributed by atoms with Gasteiger partial charge in [-0.15, -0.1) is 0 Å². The Labute approximate surface area is 209 Å². The first kappa shape index (κ1) is 19.7. The number of rotatable bonds is 1. The van der Waals surface area contributed by atoms with Gasteiger partial charge in [-0.2, -0.15) is 0 Å². The van der Waals surface area contributed by atoms with Gasteiger partial charge < -0.3 is 4.90 Å². The zero-order chi connectivity index (χ0) is 23.8. The van der Waals surface area contributed by atoms with E-state index in [1.165, 1.54) is 71.5 Å². The normalized spacial score (nSPS) is 12.6. The minimum absolute atomic E-state index is 0.878. The second kappa shape index (κ2) is 7.22. The molecule has 2 heteroatoms. The second-order valence-electron chi connectivity index (χ2n) is 9.70. The molecule has 2 heterocycles. The Hall–Kier alpha value is -4.56. The highest BCUT2D eigenvalue weighted by atomic mass is 15.3. The molecular formula is C34H24N2. The van der Waals surface area contributed by atoms with E-state index < -0.39 is 0 Å². The minimum Gasteiger partial charge on any atom is -0.327 e. The lowest BCUT2D eigenvalue weighted by atomic mass is 9.94. The predicted octanol–water partition coefficient (Wildman–Crippen LogP) is 9.23. The molecule has 1 aromatic heterocycles. The molecule has 1 aliphatic rings. The Morgan fingerprint density at radius 1 is 0.528 bits per heavy atom. The summed E-state index contributed by atoms with van der Waals surface area (Å²) in [4.78, 5) is 2.51. The Kier molecular flexibility index (Phi) is 3.96. The molecule has 0 fully saturated rings. The molecule has 170 valence electrons. The summed E-state index contributed by atoms with van der Waals surface area (Å²) >= 11 is 0. The van der Waals surface area contributed by atoms with Gasteiger partial charge in [0.05, 0.1) is 16.9 Å². The summed E-state index contributed by atoms with van der Waals surface area (Å²) in [5.41, 5.74) is 6.33. The van der Waals surface area contributed by atoms with Crippen molar-refractivity contribution in [2.45, 2.75) is 6.92 Å². The van der Waals surface area contributed by atoms with Crippen LogP contribution < -0.4 is 4.90 Å². The van der Waals surface area contributed by atoms with Gasteiger partial charge in [-0.1, -0.05) is 91.0 Å². The van der Waals surface area contributed by atoms with Gasteiger partial charge in [0.25, 0.3) is 0 Å². The van der Waals surface area contributed by atoms with Crippen molar-refractivity contribution >= 4 is 54.7 Å². The van der Waals surface area contributed by atoms with E-state index in [0.29, 0.717) is 0 Å². The van der Waals surface area contributed by atoms with Gasteiger partial charge >= 0.3 is 0 Å². The zero-order valence-electron chi connectivity index (χ0n) is 20.1. The zero-order valence-corrected chi connectivity index (χ0v) is 20.1. The predicted molar refractivity (Wildman–Crippen MR) is 154 cm³/mol. The average molecular weight is 461 g/mol. The first-order chi connectivity index (χ1) is 17.8. The molecule has 0 saturated heterocycles. The van der Waals surface area contributed by atoms with Crippen LogP contribution in [-0.4, -0.2) is 11.1 Å². The Morgan fingerprint density at radius 3 is 1.94 bits per heavy atom. The number of nitrogens with zero attached hydrogens (tertiary/aromatic N) is 2. The van der Waals surface area contributed by atoms with E-state index >= 15 is 0 Å². The Morgan fingerprint density at radius 2 is 1.17 bits per heavy atom. The number of benzene rings is 6. The van der Waals surface area contributed by atoms with Crippen LogP contribution in [0.2, 0.25) is 0 Å². The molecule has 1 aliphatic heterocycles. The van der Waals surface area contributed by atoms with Crippen molar-refractivity contribution in [2.75, 3.05) is 11.4 Å². The van der Waals surface area contributed by atoms with E-state index in [9.17, 15) is 0 Å². The molecule has 8 rings (SSSR count). The lowest BCUT2D eigenvalue weighted by molar-refractivity contribution is 0.973. The highest BCUT2D eigenvalue weighted by Gasteiger charge is 2.28. The van der Waals surface area contributed by atoms with E-state index in [1.54, 1.807) is 0 Å². The Bertz CT molecular complexity index is 1990. The molecule has 2 nitrogen and oxygen atoms in total. The van der Waals surface area contributed by atoms with E-state index in [-0.39, 0.29) is 0 Å². The lowest BCUT2D eigenvalue weighted by Gasteiger charge is -2.25.